The van der Waals surface area contributed by atoms with Crippen LogP contribution in [-0.4, -0.2) is 26.3 Å². The van der Waals surface area contributed by atoms with Gasteiger partial charge in [-0.25, -0.2) is 8.42 Å². The first kappa shape index (κ1) is 15.7. The average molecular weight is 334 g/mol. The minimum absolute atomic E-state index is 0.0675. The monoisotopic (exact) mass is 333 g/mol. The lowest BCUT2D eigenvalue weighted by molar-refractivity contribution is 0.509. The summed E-state index contributed by atoms with van der Waals surface area (Å²) in [4.78, 5) is 0.364. The highest BCUT2D eigenvalue weighted by Gasteiger charge is 2.29. The van der Waals surface area contributed by atoms with Crippen LogP contribution in [0.2, 0.25) is 0 Å². The van der Waals surface area contributed by atoms with Crippen LogP contribution in [0.15, 0.2) is 33.6 Å². The maximum atomic E-state index is 12.5. The predicted octanol–water partition coefficient (Wildman–Crippen LogP) is 3.00. The third-order valence-corrected chi connectivity index (χ3v) is 6.36. The van der Waals surface area contributed by atoms with Crippen LogP contribution in [0.3, 0.4) is 0 Å². The van der Waals surface area contributed by atoms with Gasteiger partial charge in [0.2, 0.25) is 0 Å². The second-order valence-electron chi connectivity index (χ2n) is 4.42. The predicted molar refractivity (Wildman–Crippen MR) is 78.5 cm³/mol. The van der Waals surface area contributed by atoms with Crippen molar-refractivity contribution in [3.8, 4) is 0 Å². The van der Waals surface area contributed by atoms with Crippen molar-refractivity contribution in [1.29, 1.82) is 0 Å². The molecule has 0 bridgehead atoms. The normalized spacial score (nSPS) is 15.3. The summed E-state index contributed by atoms with van der Waals surface area (Å²) in [6, 6.07) is 6.88. The maximum Gasteiger partial charge on any atom is 0.183 e. The van der Waals surface area contributed by atoms with Gasteiger partial charge in [-0.05, 0) is 54.9 Å². The Hall–Kier alpha value is -0.390. The second kappa shape index (κ2) is 6.68. The van der Waals surface area contributed by atoms with E-state index in [1.807, 2.05) is 13.0 Å². The summed E-state index contributed by atoms with van der Waals surface area (Å²) in [6.45, 7) is 6.56. The van der Waals surface area contributed by atoms with Gasteiger partial charge in [0, 0.05) is 10.5 Å². The van der Waals surface area contributed by atoms with Crippen molar-refractivity contribution in [2.24, 2.45) is 0 Å². The Balaban J connectivity index is 2.97. The van der Waals surface area contributed by atoms with E-state index in [4.69, 9.17) is 0 Å². The molecular formula is C13H20BrNO2S. The summed E-state index contributed by atoms with van der Waals surface area (Å²) in [6.07, 6.45) is 0.992. The molecule has 102 valence electrons. The van der Waals surface area contributed by atoms with Gasteiger partial charge >= 0.3 is 0 Å². The number of rotatable bonds is 6. The quantitative estimate of drug-likeness (QED) is 0.870. The van der Waals surface area contributed by atoms with Gasteiger partial charge in [0.15, 0.2) is 9.84 Å². The molecule has 5 heteroatoms. The minimum atomic E-state index is -3.31. The highest BCUT2D eigenvalue weighted by molar-refractivity contribution is 9.10. The molecule has 2 atom stereocenters. The molecule has 0 aliphatic rings. The molecule has 3 nitrogen and oxygen atoms in total. The van der Waals surface area contributed by atoms with Gasteiger partial charge in [-0.3, -0.25) is 0 Å². The molecule has 1 aromatic rings. The van der Waals surface area contributed by atoms with Crippen molar-refractivity contribution in [3.63, 3.8) is 0 Å². The molecule has 0 aromatic heterocycles. The van der Waals surface area contributed by atoms with E-state index in [9.17, 15) is 8.42 Å². The van der Waals surface area contributed by atoms with Crippen LogP contribution in [0.4, 0.5) is 0 Å². The zero-order valence-electron chi connectivity index (χ0n) is 11.0. The first-order chi connectivity index (χ1) is 8.41. The highest BCUT2D eigenvalue weighted by Crippen LogP contribution is 2.26. The highest BCUT2D eigenvalue weighted by atomic mass is 79.9. The van der Waals surface area contributed by atoms with E-state index in [-0.39, 0.29) is 6.04 Å². The van der Waals surface area contributed by atoms with Gasteiger partial charge in [0.05, 0.1) is 10.1 Å². The molecule has 1 N–H and O–H groups in total. The van der Waals surface area contributed by atoms with E-state index < -0.39 is 15.1 Å². The fourth-order valence-electron chi connectivity index (χ4n) is 1.68. The fourth-order valence-corrected chi connectivity index (χ4v) is 4.29. The Morgan fingerprint density at radius 3 is 2.44 bits per heavy atom. The standard InChI is InChI=1S/C13H20BrNO2S/c1-4-9-15-10(2)11(3)18(16,17)13-8-6-5-7-12(13)14/h5-8,10-11,15H,4,9H2,1-3H3. The van der Waals surface area contributed by atoms with Crippen molar-refractivity contribution in [2.45, 2.75) is 43.4 Å². The van der Waals surface area contributed by atoms with Crippen LogP contribution in [0, 0.1) is 0 Å². The molecule has 0 aliphatic heterocycles. The molecule has 18 heavy (non-hydrogen) atoms. The Morgan fingerprint density at radius 1 is 1.28 bits per heavy atom. The van der Waals surface area contributed by atoms with Crippen LogP contribution in [0.1, 0.15) is 27.2 Å². The Labute approximate surface area is 118 Å². The molecule has 0 saturated heterocycles. The molecule has 0 radical (unpaired) electrons. The van der Waals surface area contributed by atoms with Crippen molar-refractivity contribution in [2.75, 3.05) is 6.54 Å². The average Bonchev–Trinajstić information content (AvgIpc) is 2.35. The van der Waals surface area contributed by atoms with Gasteiger partial charge in [-0.2, -0.15) is 0 Å². The third-order valence-electron chi connectivity index (χ3n) is 3.05. The first-order valence-corrected chi connectivity index (χ1v) is 8.47. The number of halogens is 1. The number of hydrogen-bond donors (Lipinski definition) is 1. The topological polar surface area (TPSA) is 46.2 Å². The molecule has 0 fully saturated rings. The summed E-state index contributed by atoms with van der Waals surface area (Å²) in [7, 11) is -3.31. The summed E-state index contributed by atoms with van der Waals surface area (Å²) in [5.41, 5.74) is 0. The molecule has 0 heterocycles. The van der Waals surface area contributed by atoms with E-state index in [0.29, 0.717) is 9.37 Å². The van der Waals surface area contributed by atoms with Crippen LogP contribution in [0.5, 0.6) is 0 Å². The van der Waals surface area contributed by atoms with E-state index in [2.05, 4.69) is 28.2 Å². The third kappa shape index (κ3) is 3.56. The van der Waals surface area contributed by atoms with E-state index >= 15 is 0 Å². The van der Waals surface area contributed by atoms with E-state index in [0.717, 1.165) is 13.0 Å². The Bertz CT molecular complexity index is 488. The number of benzene rings is 1. The van der Waals surface area contributed by atoms with Crippen LogP contribution in [-0.2, 0) is 9.84 Å². The lowest BCUT2D eigenvalue weighted by atomic mass is 10.2. The van der Waals surface area contributed by atoms with E-state index in [1.54, 1.807) is 25.1 Å². The smallest absolute Gasteiger partial charge is 0.183 e. The van der Waals surface area contributed by atoms with Gasteiger partial charge in [-0.1, -0.05) is 19.1 Å². The molecule has 0 saturated carbocycles. The van der Waals surface area contributed by atoms with Crippen molar-refractivity contribution in [3.05, 3.63) is 28.7 Å². The Kier molecular flexibility index (Phi) is 5.82. The van der Waals surface area contributed by atoms with Gasteiger partial charge < -0.3 is 5.32 Å². The summed E-state index contributed by atoms with van der Waals surface area (Å²) in [5, 5.41) is 2.78. The number of hydrogen-bond acceptors (Lipinski definition) is 3. The molecule has 0 aliphatic carbocycles. The fraction of sp³-hybridized carbons (Fsp3) is 0.538. The van der Waals surface area contributed by atoms with Crippen LogP contribution in [0.25, 0.3) is 0 Å². The van der Waals surface area contributed by atoms with Gasteiger partial charge in [-0.15, -0.1) is 0 Å². The molecule has 2 unspecified atom stereocenters. The number of nitrogens with one attached hydrogen (secondary N) is 1. The second-order valence-corrected chi connectivity index (χ2v) is 7.55. The largest absolute Gasteiger partial charge is 0.313 e. The summed E-state index contributed by atoms with van der Waals surface area (Å²) < 4.78 is 25.6. The molecule has 0 amide bonds. The molecule has 1 aromatic carbocycles. The minimum Gasteiger partial charge on any atom is -0.313 e. The Morgan fingerprint density at radius 2 is 1.89 bits per heavy atom. The van der Waals surface area contributed by atoms with Gasteiger partial charge in [0.1, 0.15) is 0 Å². The van der Waals surface area contributed by atoms with Gasteiger partial charge in [0.25, 0.3) is 0 Å². The first-order valence-electron chi connectivity index (χ1n) is 6.13. The van der Waals surface area contributed by atoms with E-state index in [1.165, 1.54) is 0 Å². The maximum absolute atomic E-state index is 12.5. The number of sulfone groups is 1. The lowest BCUT2D eigenvalue weighted by Gasteiger charge is -2.22. The van der Waals surface area contributed by atoms with Crippen molar-refractivity contribution < 1.29 is 8.42 Å². The van der Waals surface area contributed by atoms with Crippen molar-refractivity contribution >= 4 is 25.8 Å². The van der Waals surface area contributed by atoms with Crippen LogP contribution >= 0.6 is 15.9 Å². The lowest BCUT2D eigenvalue weighted by Crippen LogP contribution is -2.40. The zero-order chi connectivity index (χ0) is 13.8. The van der Waals surface area contributed by atoms with Crippen LogP contribution < -0.4 is 5.32 Å². The SMILES string of the molecule is CCCNC(C)C(C)S(=O)(=O)c1ccccc1Br. The summed E-state index contributed by atoms with van der Waals surface area (Å²) in [5.74, 6) is 0. The molecule has 1 rings (SSSR count). The van der Waals surface area contributed by atoms with Crippen molar-refractivity contribution in [1.82, 2.24) is 5.32 Å². The molecular weight excluding hydrogens is 314 g/mol. The zero-order valence-corrected chi connectivity index (χ0v) is 13.4. The molecule has 0 spiro atoms. The summed E-state index contributed by atoms with van der Waals surface area (Å²) >= 11 is 3.30.